The van der Waals surface area contributed by atoms with E-state index in [9.17, 15) is 8.42 Å². The largest absolute Gasteiger partial charge is 0.214 e. The van der Waals surface area contributed by atoms with Gasteiger partial charge in [0.2, 0.25) is 10.0 Å². The molecule has 1 saturated carbocycles. The molecule has 1 N–H and O–H groups in total. The van der Waals surface area contributed by atoms with Crippen molar-refractivity contribution in [2.24, 2.45) is 11.8 Å². The Morgan fingerprint density at radius 2 is 1.82 bits per heavy atom. The van der Waals surface area contributed by atoms with E-state index in [0.29, 0.717) is 24.1 Å². The summed E-state index contributed by atoms with van der Waals surface area (Å²) in [7, 11) is -3.09. The van der Waals surface area contributed by atoms with Crippen molar-refractivity contribution in [3.8, 4) is 0 Å². The lowest BCUT2D eigenvalue weighted by Gasteiger charge is -2.22. The molecule has 0 radical (unpaired) electrons. The van der Waals surface area contributed by atoms with Crippen molar-refractivity contribution in [2.45, 2.75) is 50.8 Å². The topological polar surface area (TPSA) is 46.2 Å². The molecule has 0 amide bonds. The van der Waals surface area contributed by atoms with Crippen LogP contribution in [0, 0.1) is 11.8 Å². The molecule has 1 aliphatic rings. The lowest BCUT2D eigenvalue weighted by molar-refractivity contribution is 0.384. The van der Waals surface area contributed by atoms with Crippen LogP contribution in [0.2, 0.25) is 0 Å². The Morgan fingerprint density at radius 1 is 1.24 bits per heavy atom. The molecule has 102 valence electrons. The first-order valence-corrected chi connectivity index (χ1v) is 9.09. The molecule has 17 heavy (non-hydrogen) atoms. The zero-order valence-electron chi connectivity index (χ0n) is 10.8. The third-order valence-electron chi connectivity index (χ3n) is 3.40. The predicted octanol–water partition coefficient (Wildman–Crippen LogP) is 2.91. The summed E-state index contributed by atoms with van der Waals surface area (Å²) in [6.07, 6.45) is 5.78. The van der Waals surface area contributed by atoms with Crippen molar-refractivity contribution < 1.29 is 8.42 Å². The maximum Gasteiger partial charge on any atom is 0.211 e. The standard InChI is InChI=1S/C12H24BrNO2S/c1-10(2)12(13)8-14-17(15,16)9-11-6-4-3-5-7-11/h10-12,14H,3-9H2,1-2H3. The minimum Gasteiger partial charge on any atom is -0.214 e. The summed E-state index contributed by atoms with van der Waals surface area (Å²) in [5, 5.41) is 0. The molecule has 0 aliphatic heterocycles. The lowest BCUT2D eigenvalue weighted by atomic mass is 9.91. The highest BCUT2D eigenvalue weighted by atomic mass is 79.9. The Hall–Kier alpha value is 0.390. The van der Waals surface area contributed by atoms with Crippen molar-refractivity contribution in [1.82, 2.24) is 4.72 Å². The maximum absolute atomic E-state index is 11.9. The second kappa shape index (κ2) is 7.10. The van der Waals surface area contributed by atoms with E-state index in [0.717, 1.165) is 12.8 Å². The second-order valence-electron chi connectivity index (χ2n) is 5.39. The summed E-state index contributed by atoms with van der Waals surface area (Å²) in [6.45, 7) is 4.65. The zero-order chi connectivity index (χ0) is 12.9. The molecule has 1 atom stereocenters. The quantitative estimate of drug-likeness (QED) is 0.763. The van der Waals surface area contributed by atoms with Gasteiger partial charge >= 0.3 is 0 Å². The van der Waals surface area contributed by atoms with Gasteiger partial charge in [0.25, 0.3) is 0 Å². The van der Waals surface area contributed by atoms with Crippen molar-refractivity contribution >= 4 is 26.0 Å². The van der Waals surface area contributed by atoms with Crippen molar-refractivity contribution in [3.05, 3.63) is 0 Å². The van der Waals surface area contributed by atoms with Gasteiger partial charge in [-0.15, -0.1) is 0 Å². The molecular weight excluding hydrogens is 302 g/mol. The van der Waals surface area contributed by atoms with Gasteiger partial charge in [-0.3, -0.25) is 0 Å². The van der Waals surface area contributed by atoms with Gasteiger partial charge in [-0.2, -0.15) is 0 Å². The van der Waals surface area contributed by atoms with Crippen LogP contribution in [-0.2, 0) is 10.0 Å². The Labute approximate surface area is 114 Å². The molecule has 5 heteroatoms. The third kappa shape index (κ3) is 6.20. The molecule has 1 fully saturated rings. The van der Waals surface area contributed by atoms with Crippen LogP contribution >= 0.6 is 15.9 Å². The highest BCUT2D eigenvalue weighted by Crippen LogP contribution is 2.24. The highest BCUT2D eigenvalue weighted by molar-refractivity contribution is 9.09. The maximum atomic E-state index is 11.9. The zero-order valence-corrected chi connectivity index (χ0v) is 13.2. The summed E-state index contributed by atoms with van der Waals surface area (Å²) in [5.41, 5.74) is 0. The molecule has 0 aromatic carbocycles. The fourth-order valence-electron chi connectivity index (χ4n) is 2.17. The van der Waals surface area contributed by atoms with Crippen LogP contribution in [0.15, 0.2) is 0 Å². The van der Waals surface area contributed by atoms with E-state index in [2.05, 4.69) is 34.5 Å². The number of hydrogen-bond acceptors (Lipinski definition) is 2. The van der Waals surface area contributed by atoms with Crippen molar-refractivity contribution in [3.63, 3.8) is 0 Å². The number of hydrogen-bond donors (Lipinski definition) is 1. The van der Waals surface area contributed by atoms with E-state index in [1.807, 2.05) is 0 Å². The Balaban J connectivity index is 2.34. The molecule has 0 saturated heterocycles. The van der Waals surface area contributed by atoms with Crippen molar-refractivity contribution in [2.75, 3.05) is 12.3 Å². The van der Waals surface area contributed by atoms with Gasteiger partial charge in [0, 0.05) is 11.4 Å². The molecule has 0 aromatic rings. The van der Waals surface area contributed by atoms with Crippen molar-refractivity contribution in [1.29, 1.82) is 0 Å². The van der Waals surface area contributed by atoms with Gasteiger partial charge in [0.05, 0.1) is 5.75 Å². The van der Waals surface area contributed by atoms with E-state index in [1.54, 1.807) is 0 Å². The van der Waals surface area contributed by atoms with Crippen LogP contribution in [0.25, 0.3) is 0 Å². The van der Waals surface area contributed by atoms with Crippen LogP contribution in [0.4, 0.5) is 0 Å². The van der Waals surface area contributed by atoms with Gasteiger partial charge in [0.15, 0.2) is 0 Å². The van der Waals surface area contributed by atoms with Crippen LogP contribution in [-0.4, -0.2) is 25.5 Å². The van der Waals surface area contributed by atoms with Crippen LogP contribution in [0.3, 0.4) is 0 Å². The minimum atomic E-state index is -3.09. The predicted molar refractivity (Wildman–Crippen MR) is 75.9 cm³/mol. The SMILES string of the molecule is CC(C)C(Br)CNS(=O)(=O)CC1CCCCC1. The average Bonchev–Trinajstić information content (AvgIpc) is 2.26. The van der Waals surface area contributed by atoms with Gasteiger partial charge in [0.1, 0.15) is 0 Å². The molecule has 0 aromatic heterocycles. The van der Waals surface area contributed by atoms with Gasteiger partial charge in [-0.05, 0) is 24.7 Å². The molecule has 3 nitrogen and oxygen atoms in total. The Bertz CT molecular complexity index is 310. The van der Waals surface area contributed by atoms with E-state index in [1.165, 1.54) is 19.3 Å². The molecular formula is C12H24BrNO2S. The van der Waals surface area contributed by atoms with Crippen LogP contribution in [0.5, 0.6) is 0 Å². The molecule has 0 spiro atoms. The summed E-state index contributed by atoms with van der Waals surface area (Å²) < 4.78 is 26.5. The van der Waals surface area contributed by atoms with Gasteiger partial charge in [-0.1, -0.05) is 49.0 Å². The molecule has 1 aliphatic carbocycles. The second-order valence-corrected chi connectivity index (χ2v) is 8.42. The van der Waals surface area contributed by atoms with Gasteiger partial charge in [-0.25, -0.2) is 13.1 Å². The number of rotatable bonds is 6. The first-order valence-electron chi connectivity index (χ1n) is 6.52. The van der Waals surface area contributed by atoms with E-state index < -0.39 is 10.0 Å². The monoisotopic (exact) mass is 325 g/mol. The van der Waals surface area contributed by atoms with E-state index in [-0.39, 0.29) is 4.83 Å². The first kappa shape index (κ1) is 15.4. The summed E-state index contributed by atoms with van der Waals surface area (Å²) in [5.74, 6) is 1.12. The Morgan fingerprint density at radius 3 is 2.35 bits per heavy atom. The normalized spacial score (nSPS) is 20.7. The molecule has 0 heterocycles. The number of nitrogens with one attached hydrogen (secondary N) is 1. The number of halogens is 1. The molecule has 1 rings (SSSR count). The highest BCUT2D eigenvalue weighted by Gasteiger charge is 2.22. The third-order valence-corrected chi connectivity index (χ3v) is 6.30. The smallest absolute Gasteiger partial charge is 0.211 e. The molecule has 0 bridgehead atoms. The molecule has 1 unspecified atom stereocenters. The summed E-state index contributed by atoms with van der Waals surface area (Å²) in [4.78, 5) is 0.212. The minimum absolute atomic E-state index is 0.212. The average molecular weight is 326 g/mol. The van der Waals surface area contributed by atoms with Gasteiger partial charge < -0.3 is 0 Å². The van der Waals surface area contributed by atoms with E-state index in [4.69, 9.17) is 0 Å². The number of alkyl halides is 1. The van der Waals surface area contributed by atoms with E-state index >= 15 is 0 Å². The fourth-order valence-corrected chi connectivity index (χ4v) is 4.05. The van der Waals surface area contributed by atoms with Crippen LogP contribution in [0.1, 0.15) is 46.0 Å². The fraction of sp³-hybridized carbons (Fsp3) is 1.00. The summed E-state index contributed by atoms with van der Waals surface area (Å²) >= 11 is 3.49. The first-order chi connectivity index (χ1) is 7.91. The lowest BCUT2D eigenvalue weighted by Crippen LogP contribution is -2.35. The Kier molecular flexibility index (Phi) is 6.45. The summed E-state index contributed by atoms with van der Waals surface area (Å²) in [6, 6.07) is 0. The number of sulfonamides is 1. The van der Waals surface area contributed by atoms with Crippen LogP contribution < -0.4 is 4.72 Å².